The van der Waals surface area contributed by atoms with Gasteiger partial charge in [-0.25, -0.2) is 9.13 Å². The largest absolute Gasteiger partial charge is 0.472 e. The third-order valence-corrected chi connectivity index (χ3v) is 18.6. The van der Waals surface area contributed by atoms with E-state index in [-0.39, 0.29) is 25.7 Å². The van der Waals surface area contributed by atoms with E-state index < -0.39 is 97.5 Å². The Morgan fingerprint density at radius 1 is 0.297 bits per heavy atom. The van der Waals surface area contributed by atoms with Crippen molar-refractivity contribution >= 4 is 39.5 Å². The topological polar surface area (TPSA) is 237 Å². The fraction of sp³-hybridized carbons (Fsp3) is 0.944. The highest BCUT2D eigenvalue weighted by molar-refractivity contribution is 7.47. The first kappa shape index (κ1) is 89.1. The molecular weight excluding hydrogens is 1200 g/mol. The molecule has 0 aliphatic carbocycles. The first-order valence-corrected chi connectivity index (χ1v) is 40.5. The number of carbonyl (C=O) groups is 4. The molecule has 5 atom stereocenters. The fourth-order valence-corrected chi connectivity index (χ4v) is 12.5. The monoisotopic (exact) mass is 1340 g/mol. The van der Waals surface area contributed by atoms with Crippen molar-refractivity contribution in [3.8, 4) is 0 Å². The number of hydrogen-bond donors (Lipinski definition) is 3. The number of hydrogen-bond acceptors (Lipinski definition) is 15. The Balaban J connectivity index is 5.19. The molecule has 0 aromatic rings. The highest BCUT2D eigenvalue weighted by Gasteiger charge is 2.30. The number of carbonyl (C=O) groups excluding carboxylic acids is 4. The number of phosphoric ester groups is 2. The minimum atomic E-state index is -4.95. The summed E-state index contributed by atoms with van der Waals surface area (Å²) >= 11 is 0. The Morgan fingerprint density at radius 2 is 0.505 bits per heavy atom. The first-order valence-electron chi connectivity index (χ1n) is 37.5. The summed E-state index contributed by atoms with van der Waals surface area (Å²) in [6.07, 6.45) is 50.0. The Kier molecular flexibility index (Phi) is 62.7. The summed E-state index contributed by atoms with van der Waals surface area (Å²) in [4.78, 5) is 72.5. The van der Waals surface area contributed by atoms with Crippen LogP contribution in [0.1, 0.15) is 369 Å². The molecule has 0 heterocycles. The molecule has 0 aliphatic rings. The molecular formula is C72H140O17P2. The van der Waals surface area contributed by atoms with Gasteiger partial charge in [0.1, 0.15) is 19.3 Å². The zero-order valence-electron chi connectivity index (χ0n) is 59.1. The van der Waals surface area contributed by atoms with E-state index in [1.54, 1.807) is 0 Å². The summed E-state index contributed by atoms with van der Waals surface area (Å²) in [7, 11) is -9.90. The predicted octanol–water partition coefficient (Wildman–Crippen LogP) is 20.8. The van der Waals surface area contributed by atoms with Crippen LogP contribution in [0.15, 0.2) is 0 Å². The van der Waals surface area contributed by atoms with Gasteiger partial charge in [-0.1, -0.05) is 318 Å². The Hall–Kier alpha value is -1.94. The lowest BCUT2D eigenvalue weighted by atomic mass is 10.0. The number of ether oxygens (including phenoxy) is 4. The highest BCUT2D eigenvalue weighted by atomic mass is 31.2. The van der Waals surface area contributed by atoms with E-state index in [2.05, 4.69) is 41.5 Å². The van der Waals surface area contributed by atoms with Gasteiger partial charge >= 0.3 is 39.5 Å². The van der Waals surface area contributed by atoms with Gasteiger partial charge in [0.25, 0.3) is 0 Å². The van der Waals surface area contributed by atoms with Crippen molar-refractivity contribution in [3.63, 3.8) is 0 Å². The van der Waals surface area contributed by atoms with Gasteiger partial charge in [0.15, 0.2) is 12.2 Å². The molecule has 17 nitrogen and oxygen atoms in total. The predicted molar refractivity (Wildman–Crippen MR) is 368 cm³/mol. The van der Waals surface area contributed by atoms with Crippen LogP contribution in [-0.4, -0.2) is 96.7 Å². The van der Waals surface area contributed by atoms with Crippen molar-refractivity contribution < 1.29 is 80.2 Å². The summed E-state index contributed by atoms with van der Waals surface area (Å²) in [5, 5.41) is 10.6. The number of aliphatic hydroxyl groups is 1. The average molecular weight is 1340 g/mol. The first-order chi connectivity index (χ1) is 43.9. The lowest BCUT2D eigenvalue weighted by molar-refractivity contribution is -0.161. The van der Waals surface area contributed by atoms with Gasteiger partial charge in [-0.2, -0.15) is 0 Å². The molecule has 3 N–H and O–H groups in total. The minimum absolute atomic E-state index is 0.104. The van der Waals surface area contributed by atoms with E-state index in [1.807, 2.05) is 0 Å². The maximum atomic E-state index is 13.0. The van der Waals surface area contributed by atoms with Gasteiger partial charge in [0.05, 0.1) is 26.4 Å². The highest BCUT2D eigenvalue weighted by Crippen LogP contribution is 2.45. The second kappa shape index (κ2) is 64.1. The van der Waals surface area contributed by atoms with Gasteiger partial charge in [-0.05, 0) is 37.5 Å². The van der Waals surface area contributed by atoms with Gasteiger partial charge in [-0.15, -0.1) is 0 Å². The maximum absolute atomic E-state index is 13.0. The molecule has 2 unspecified atom stereocenters. The Morgan fingerprint density at radius 3 is 0.747 bits per heavy atom. The SMILES string of the molecule is CCCCCCCCCCCCCCCC(=O)OC[C@H](COP(=O)(O)OC[C@@H](O)COP(=O)(O)OC[C@@H](COC(=O)CCCCCCCCCC)OC(=O)CCCCCCCCCCC(C)C)OC(=O)CCCCCCCCCCCCCCCCCCC(C)C. The molecule has 91 heavy (non-hydrogen) atoms. The summed E-state index contributed by atoms with van der Waals surface area (Å²) < 4.78 is 68.3. The van der Waals surface area contributed by atoms with Crippen molar-refractivity contribution in [2.24, 2.45) is 11.8 Å². The smallest absolute Gasteiger partial charge is 0.462 e. The zero-order chi connectivity index (χ0) is 67.2. The van der Waals surface area contributed by atoms with Gasteiger partial charge in [-0.3, -0.25) is 37.3 Å². The van der Waals surface area contributed by atoms with Crippen LogP contribution in [0, 0.1) is 11.8 Å². The quantitative estimate of drug-likeness (QED) is 0.0222. The summed E-state index contributed by atoms with van der Waals surface area (Å²) in [6.45, 7) is 9.53. The van der Waals surface area contributed by atoms with Crippen molar-refractivity contribution in [2.45, 2.75) is 387 Å². The summed E-state index contributed by atoms with van der Waals surface area (Å²) in [5.74, 6) is -0.597. The molecule has 0 spiro atoms. The summed E-state index contributed by atoms with van der Waals surface area (Å²) in [5.41, 5.74) is 0. The zero-order valence-corrected chi connectivity index (χ0v) is 60.9. The van der Waals surface area contributed by atoms with Crippen LogP contribution in [-0.2, 0) is 65.4 Å². The molecule has 0 aromatic carbocycles. The van der Waals surface area contributed by atoms with Crippen molar-refractivity contribution in [1.82, 2.24) is 0 Å². The van der Waals surface area contributed by atoms with Crippen LogP contribution in [0.4, 0.5) is 0 Å². The number of phosphoric acid groups is 2. The summed E-state index contributed by atoms with van der Waals surface area (Å²) in [6, 6.07) is 0. The number of esters is 4. The second-order valence-corrected chi connectivity index (χ2v) is 29.8. The van der Waals surface area contributed by atoms with Crippen LogP contribution in [0.2, 0.25) is 0 Å². The molecule has 0 aliphatic heterocycles. The van der Waals surface area contributed by atoms with Gasteiger partial charge < -0.3 is 33.8 Å². The van der Waals surface area contributed by atoms with Crippen LogP contribution >= 0.6 is 15.6 Å². The standard InChI is InChI=1S/C72H140O17P2/c1-7-9-11-13-15-17-18-23-27-30-37-43-49-55-70(75)83-61-68(88-71(76)56-50-44-38-31-28-25-22-20-19-21-24-26-29-34-40-46-52-64(3)4)63-87-91(80,81)85-59-66(73)58-84-90(78,79)86-62-67(60-82-69(74)54-48-42-36-16-14-12-10-8-2)89-72(77)57-51-45-39-33-32-35-41-47-53-65(5)6/h64-68,73H,7-63H2,1-6H3,(H,78,79)(H,80,81)/t66-,67+,68+/m0/s1. The molecule has 0 aromatic heterocycles. The van der Waals surface area contributed by atoms with Crippen LogP contribution in [0.3, 0.4) is 0 Å². The van der Waals surface area contributed by atoms with Crippen molar-refractivity contribution in [2.75, 3.05) is 39.6 Å². The van der Waals surface area contributed by atoms with Gasteiger partial charge in [0, 0.05) is 25.7 Å². The van der Waals surface area contributed by atoms with Crippen molar-refractivity contribution in [1.29, 1.82) is 0 Å². The molecule has 0 amide bonds. The molecule has 0 saturated carbocycles. The van der Waals surface area contributed by atoms with E-state index in [1.165, 1.54) is 180 Å². The van der Waals surface area contributed by atoms with Crippen LogP contribution < -0.4 is 0 Å². The molecule has 540 valence electrons. The molecule has 0 bridgehead atoms. The van der Waals surface area contributed by atoms with Crippen LogP contribution in [0.5, 0.6) is 0 Å². The van der Waals surface area contributed by atoms with Crippen LogP contribution in [0.25, 0.3) is 0 Å². The van der Waals surface area contributed by atoms with E-state index in [0.29, 0.717) is 25.7 Å². The lowest BCUT2D eigenvalue weighted by Crippen LogP contribution is -2.30. The van der Waals surface area contributed by atoms with Gasteiger partial charge in [0.2, 0.25) is 0 Å². The third-order valence-electron chi connectivity index (χ3n) is 16.7. The second-order valence-electron chi connectivity index (χ2n) is 26.9. The Labute approximate surface area is 556 Å². The number of aliphatic hydroxyl groups excluding tert-OH is 1. The molecule has 0 rings (SSSR count). The molecule has 0 radical (unpaired) electrons. The number of rotatable bonds is 71. The van der Waals surface area contributed by atoms with E-state index in [4.69, 9.17) is 37.0 Å². The average Bonchev–Trinajstić information content (AvgIpc) is 3.66. The molecule has 0 fully saturated rings. The Bertz CT molecular complexity index is 1770. The van der Waals surface area contributed by atoms with E-state index in [9.17, 15) is 43.2 Å². The maximum Gasteiger partial charge on any atom is 0.472 e. The van der Waals surface area contributed by atoms with E-state index in [0.717, 1.165) is 108 Å². The molecule has 19 heteroatoms. The molecule has 0 saturated heterocycles. The fourth-order valence-electron chi connectivity index (χ4n) is 10.9. The minimum Gasteiger partial charge on any atom is -0.462 e. The normalized spacial score (nSPS) is 14.1. The number of unbranched alkanes of at least 4 members (excludes halogenated alkanes) is 41. The van der Waals surface area contributed by atoms with Crippen molar-refractivity contribution in [3.05, 3.63) is 0 Å². The lowest BCUT2D eigenvalue weighted by Gasteiger charge is -2.21. The third kappa shape index (κ3) is 66.5. The van der Waals surface area contributed by atoms with E-state index >= 15 is 0 Å².